The van der Waals surface area contributed by atoms with Gasteiger partial charge in [-0.15, -0.1) is 0 Å². The number of carbonyl (C=O) groups is 3. The highest BCUT2D eigenvalue weighted by Gasteiger charge is 2.30. The standard InChI is InChI=1S/C18H24N2O6S/c1-12(16(21)19-14-8-9-14)26-18(23)15(10-11-27(2,24)25)20-17(22)13-6-4-3-5-7-13/h3-7,12,14-15H,8-11H2,1-2H3,(H,19,21)(H,20,22)/t12-,15-/m0/s1. The molecule has 2 amide bonds. The molecular formula is C18H24N2O6S. The third-order valence-electron chi connectivity index (χ3n) is 3.99. The van der Waals surface area contributed by atoms with Crippen LogP contribution in [0, 0.1) is 0 Å². The van der Waals surface area contributed by atoms with Gasteiger partial charge in [0.05, 0.1) is 5.75 Å². The van der Waals surface area contributed by atoms with E-state index in [0.717, 1.165) is 19.1 Å². The van der Waals surface area contributed by atoms with Gasteiger partial charge in [-0.05, 0) is 38.3 Å². The largest absolute Gasteiger partial charge is 0.451 e. The van der Waals surface area contributed by atoms with Crippen LogP contribution in [0.5, 0.6) is 0 Å². The molecule has 9 heteroatoms. The van der Waals surface area contributed by atoms with Gasteiger partial charge >= 0.3 is 5.97 Å². The van der Waals surface area contributed by atoms with Crippen LogP contribution in [0.3, 0.4) is 0 Å². The SMILES string of the molecule is C[C@H](OC(=O)[C@H](CCS(C)(=O)=O)NC(=O)c1ccccc1)C(=O)NC1CC1. The van der Waals surface area contributed by atoms with E-state index in [1.54, 1.807) is 30.3 Å². The second-order valence-corrected chi connectivity index (χ2v) is 8.93. The monoisotopic (exact) mass is 396 g/mol. The maximum Gasteiger partial charge on any atom is 0.329 e. The van der Waals surface area contributed by atoms with Crippen LogP contribution < -0.4 is 10.6 Å². The Balaban J connectivity index is 2.02. The van der Waals surface area contributed by atoms with E-state index >= 15 is 0 Å². The summed E-state index contributed by atoms with van der Waals surface area (Å²) >= 11 is 0. The normalized spacial score (nSPS) is 16.1. The van der Waals surface area contributed by atoms with E-state index in [1.165, 1.54) is 6.92 Å². The fourth-order valence-corrected chi connectivity index (χ4v) is 2.93. The van der Waals surface area contributed by atoms with Crippen molar-refractivity contribution < 1.29 is 27.5 Å². The number of hydrogen-bond acceptors (Lipinski definition) is 6. The van der Waals surface area contributed by atoms with Crippen molar-refractivity contribution in [2.45, 2.75) is 44.4 Å². The van der Waals surface area contributed by atoms with E-state index in [-0.39, 0.29) is 18.2 Å². The molecule has 1 fully saturated rings. The number of esters is 1. The number of hydrogen-bond donors (Lipinski definition) is 2. The third-order valence-corrected chi connectivity index (χ3v) is 4.97. The molecule has 0 heterocycles. The quantitative estimate of drug-likeness (QED) is 0.585. The molecule has 2 rings (SSSR count). The molecule has 0 unspecified atom stereocenters. The summed E-state index contributed by atoms with van der Waals surface area (Å²) in [5.41, 5.74) is 0.328. The van der Waals surface area contributed by atoms with Crippen LogP contribution in [-0.4, -0.2) is 56.4 Å². The van der Waals surface area contributed by atoms with Crippen LogP contribution in [0.2, 0.25) is 0 Å². The van der Waals surface area contributed by atoms with Crippen LogP contribution in [0.1, 0.15) is 36.5 Å². The Bertz CT molecular complexity index is 789. The third kappa shape index (κ3) is 7.38. The number of nitrogens with one attached hydrogen (secondary N) is 2. The van der Waals surface area contributed by atoms with E-state index in [0.29, 0.717) is 5.56 Å². The van der Waals surface area contributed by atoms with Gasteiger partial charge in [-0.3, -0.25) is 9.59 Å². The molecular weight excluding hydrogens is 372 g/mol. The molecule has 0 aliphatic heterocycles. The Morgan fingerprint density at radius 3 is 2.37 bits per heavy atom. The lowest BCUT2D eigenvalue weighted by Crippen LogP contribution is -2.46. The molecule has 0 saturated heterocycles. The van der Waals surface area contributed by atoms with Gasteiger partial charge < -0.3 is 15.4 Å². The van der Waals surface area contributed by atoms with Crippen molar-refractivity contribution in [3.63, 3.8) is 0 Å². The zero-order valence-corrected chi connectivity index (χ0v) is 16.1. The van der Waals surface area contributed by atoms with Crippen molar-refractivity contribution in [2.75, 3.05) is 12.0 Å². The van der Waals surface area contributed by atoms with Gasteiger partial charge in [-0.1, -0.05) is 18.2 Å². The van der Waals surface area contributed by atoms with Crippen molar-refractivity contribution in [2.24, 2.45) is 0 Å². The van der Waals surface area contributed by atoms with E-state index in [1.807, 2.05) is 0 Å². The summed E-state index contributed by atoms with van der Waals surface area (Å²) in [6, 6.07) is 7.17. The zero-order chi connectivity index (χ0) is 20.0. The molecule has 148 valence electrons. The summed E-state index contributed by atoms with van der Waals surface area (Å²) in [4.78, 5) is 36.7. The topological polar surface area (TPSA) is 119 Å². The molecule has 0 radical (unpaired) electrons. The highest BCUT2D eigenvalue weighted by molar-refractivity contribution is 7.90. The molecule has 2 N–H and O–H groups in total. The van der Waals surface area contributed by atoms with Crippen molar-refractivity contribution in [1.82, 2.24) is 10.6 Å². The summed E-state index contributed by atoms with van der Waals surface area (Å²) in [7, 11) is -3.34. The summed E-state index contributed by atoms with van der Waals surface area (Å²) in [5.74, 6) is -2.09. The first-order chi connectivity index (χ1) is 12.7. The van der Waals surface area contributed by atoms with Gasteiger partial charge in [0.2, 0.25) is 0 Å². The average molecular weight is 396 g/mol. The van der Waals surface area contributed by atoms with Crippen molar-refractivity contribution in [1.29, 1.82) is 0 Å². The molecule has 1 aliphatic rings. The minimum atomic E-state index is -3.34. The molecule has 1 aromatic rings. The Morgan fingerprint density at radius 2 is 1.81 bits per heavy atom. The fraction of sp³-hybridized carbons (Fsp3) is 0.500. The van der Waals surface area contributed by atoms with Crippen LogP contribution in [0.15, 0.2) is 30.3 Å². The summed E-state index contributed by atoms with van der Waals surface area (Å²) in [6.45, 7) is 1.43. The molecule has 0 aromatic heterocycles. The minimum absolute atomic E-state index is 0.123. The molecule has 27 heavy (non-hydrogen) atoms. The Labute approximate surface area is 158 Å². The van der Waals surface area contributed by atoms with Gasteiger partial charge in [0.25, 0.3) is 11.8 Å². The summed E-state index contributed by atoms with van der Waals surface area (Å²) in [5, 5.41) is 5.21. The highest BCUT2D eigenvalue weighted by Crippen LogP contribution is 2.19. The van der Waals surface area contributed by atoms with Crippen LogP contribution >= 0.6 is 0 Å². The molecule has 1 aliphatic carbocycles. The second kappa shape index (κ2) is 8.98. The first-order valence-electron chi connectivity index (χ1n) is 8.70. The van der Waals surface area contributed by atoms with E-state index in [4.69, 9.17) is 4.74 Å². The van der Waals surface area contributed by atoms with Crippen molar-refractivity contribution in [3.05, 3.63) is 35.9 Å². The van der Waals surface area contributed by atoms with Crippen LogP contribution in [-0.2, 0) is 24.2 Å². The predicted molar refractivity (Wildman–Crippen MR) is 98.7 cm³/mol. The Hall–Kier alpha value is -2.42. The lowest BCUT2D eigenvalue weighted by atomic mass is 10.1. The number of carbonyl (C=O) groups excluding carboxylic acids is 3. The molecule has 1 aromatic carbocycles. The predicted octanol–water partition coefficient (Wildman–Crippen LogP) is 0.430. The van der Waals surface area contributed by atoms with Crippen LogP contribution in [0.25, 0.3) is 0 Å². The summed E-state index contributed by atoms with van der Waals surface area (Å²) < 4.78 is 28.0. The minimum Gasteiger partial charge on any atom is -0.451 e. The van der Waals surface area contributed by atoms with E-state index in [9.17, 15) is 22.8 Å². The smallest absolute Gasteiger partial charge is 0.329 e. The highest BCUT2D eigenvalue weighted by atomic mass is 32.2. The lowest BCUT2D eigenvalue weighted by Gasteiger charge is -2.20. The number of amides is 2. The number of benzene rings is 1. The lowest BCUT2D eigenvalue weighted by molar-refractivity contribution is -0.156. The van der Waals surface area contributed by atoms with E-state index in [2.05, 4.69) is 10.6 Å². The maximum absolute atomic E-state index is 12.4. The molecule has 1 saturated carbocycles. The Kier molecular flexibility index (Phi) is 6.95. The number of sulfone groups is 1. The number of ether oxygens (including phenoxy) is 1. The zero-order valence-electron chi connectivity index (χ0n) is 15.3. The molecule has 0 spiro atoms. The van der Waals surface area contributed by atoms with Gasteiger partial charge in [-0.25, -0.2) is 13.2 Å². The van der Waals surface area contributed by atoms with Crippen LogP contribution in [0.4, 0.5) is 0 Å². The van der Waals surface area contributed by atoms with Gasteiger partial charge in [0, 0.05) is 17.9 Å². The van der Waals surface area contributed by atoms with Crippen molar-refractivity contribution >= 4 is 27.6 Å². The van der Waals surface area contributed by atoms with Gasteiger partial charge in [0.1, 0.15) is 15.9 Å². The number of rotatable bonds is 9. The second-order valence-electron chi connectivity index (χ2n) is 6.67. The van der Waals surface area contributed by atoms with Crippen molar-refractivity contribution in [3.8, 4) is 0 Å². The summed E-state index contributed by atoms with van der Waals surface area (Å²) in [6.07, 6.45) is 1.66. The van der Waals surface area contributed by atoms with Gasteiger partial charge in [0.15, 0.2) is 6.10 Å². The first kappa shape index (κ1) is 20.9. The molecule has 0 bridgehead atoms. The molecule has 2 atom stereocenters. The average Bonchev–Trinajstić information content (AvgIpc) is 3.42. The van der Waals surface area contributed by atoms with E-state index < -0.39 is 39.8 Å². The van der Waals surface area contributed by atoms with Gasteiger partial charge in [-0.2, -0.15) is 0 Å². The first-order valence-corrected chi connectivity index (χ1v) is 10.8. The molecule has 8 nitrogen and oxygen atoms in total. The Morgan fingerprint density at radius 1 is 1.19 bits per heavy atom. The maximum atomic E-state index is 12.4. The fourth-order valence-electron chi connectivity index (χ4n) is 2.27.